The van der Waals surface area contributed by atoms with E-state index in [0.29, 0.717) is 22.8 Å². The van der Waals surface area contributed by atoms with Crippen LogP contribution in [0.25, 0.3) is 0 Å². The summed E-state index contributed by atoms with van der Waals surface area (Å²) in [4.78, 5) is 36.8. The fraction of sp³-hybridized carbons (Fsp3) is 0.280. The van der Waals surface area contributed by atoms with Crippen LogP contribution in [-0.4, -0.2) is 51.6 Å². The van der Waals surface area contributed by atoms with E-state index in [1.54, 1.807) is 39.2 Å². The molecule has 0 saturated carbocycles. The van der Waals surface area contributed by atoms with Crippen molar-refractivity contribution in [2.24, 2.45) is 5.10 Å². The molecule has 0 spiro atoms. The van der Waals surface area contributed by atoms with Gasteiger partial charge in [0.1, 0.15) is 5.75 Å². The van der Waals surface area contributed by atoms with E-state index < -0.39 is 23.9 Å². The highest BCUT2D eigenvalue weighted by molar-refractivity contribution is 14.1. The number of methoxy groups -OCH3 is 2. The zero-order valence-corrected chi connectivity index (χ0v) is 22.9. The van der Waals surface area contributed by atoms with Crippen LogP contribution in [0.5, 0.6) is 17.2 Å². The van der Waals surface area contributed by atoms with Crippen molar-refractivity contribution in [2.45, 2.75) is 19.9 Å². The zero-order chi connectivity index (χ0) is 26.9. The number of benzene rings is 2. The Labute approximate surface area is 227 Å². The molecule has 196 valence electrons. The Morgan fingerprint density at radius 2 is 1.84 bits per heavy atom. The van der Waals surface area contributed by atoms with E-state index in [0.717, 1.165) is 14.9 Å². The van der Waals surface area contributed by atoms with E-state index in [4.69, 9.17) is 18.9 Å². The number of nitrogens with one attached hydrogen (secondary N) is 3. The lowest BCUT2D eigenvalue weighted by molar-refractivity contribution is -0.139. The molecule has 3 amide bonds. The first-order chi connectivity index (χ1) is 17.8. The minimum atomic E-state index is -0.755. The number of esters is 1. The molecule has 2 aromatic carbocycles. The van der Waals surface area contributed by atoms with Crippen molar-refractivity contribution in [1.82, 2.24) is 16.1 Å². The Hall–Kier alpha value is -3.81. The number of hydrogen-bond donors (Lipinski definition) is 3. The Bertz CT molecular complexity index is 1250. The van der Waals surface area contributed by atoms with Crippen LogP contribution in [0.3, 0.4) is 0 Å². The molecule has 1 heterocycles. The van der Waals surface area contributed by atoms with Crippen LogP contribution in [0.15, 0.2) is 52.8 Å². The second-order valence-electron chi connectivity index (χ2n) is 7.68. The van der Waals surface area contributed by atoms with Crippen LogP contribution in [-0.2, 0) is 14.3 Å². The van der Waals surface area contributed by atoms with Crippen molar-refractivity contribution in [2.75, 3.05) is 27.4 Å². The lowest BCUT2D eigenvalue weighted by Crippen LogP contribution is -2.45. The Kier molecular flexibility index (Phi) is 9.71. The molecule has 1 aliphatic heterocycles. The summed E-state index contributed by atoms with van der Waals surface area (Å²) in [5.74, 6) is 0.350. The summed E-state index contributed by atoms with van der Waals surface area (Å²) in [6.07, 6.45) is 1.51. The molecule has 37 heavy (non-hydrogen) atoms. The summed E-state index contributed by atoms with van der Waals surface area (Å²) in [5.41, 5.74) is 4.45. The molecular formula is C25H27IN4O7. The van der Waals surface area contributed by atoms with E-state index in [2.05, 4.69) is 43.8 Å². The lowest BCUT2D eigenvalue weighted by Gasteiger charge is -2.28. The molecule has 0 saturated heterocycles. The number of halogens is 1. The molecule has 0 fully saturated rings. The third kappa shape index (κ3) is 7.12. The van der Waals surface area contributed by atoms with Gasteiger partial charge in [0.25, 0.3) is 5.91 Å². The number of allylic oxidation sites excluding steroid dienone is 1. The highest BCUT2D eigenvalue weighted by Gasteiger charge is 2.32. The zero-order valence-electron chi connectivity index (χ0n) is 20.7. The number of hydrogen-bond acceptors (Lipinski definition) is 8. The minimum Gasteiger partial charge on any atom is -0.496 e. The molecular weight excluding hydrogens is 595 g/mol. The Balaban J connectivity index is 1.67. The van der Waals surface area contributed by atoms with Crippen molar-refractivity contribution in [1.29, 1.82) is 0 Å². The van der Waals surface area contributed by atoms with E-state index in [1.807, 2.05) is 18.2 Å². The molecule has 0 radical (unpaired) electrons. The number of hydrazone groups is 1. The Morgan fingerprint density at radius 1 is 1.11 bits per heavy atom. The fourth-order valence-corrected chi connectivity index (χ4v) is 4.28. The number of rotatable bonds is 10. The predicted octanol–water partition coefficient (Wildman–Crippen LogP) is 3.03. The third-order valence-electron chi connectivity index (χ3n) is 5.22. The van der Waals surface area contributed by atoms with Crippen molar-refractivity contribution >= 4 is 46.7 Å². The van der Waals surface area contributed by atoms with Crippen LogP contribution >= 0.6 is 22.6 Å². The smallest absolute Gasteiger partial charge is 0.338 e. The largest absolute Gasteiger partial charge is 0.496 e. The van der Waals surface area contributed by atoms with Crippen LogP contribution < -0.4 is 30.3 Å². The second-order valence-corrected chi connectivity index (χ2v) is 8.84. The first-order valence-corrected chi connectivity index (χ1v) is 12.3. The summed E-state index contributed by atoms with van der Waals surface area (Å²) in [5, 5.41) is 9.26. The molecule has 0 unspecified atom stereocenters. The van der Waals surface area contributed by atoms with E-state index >= 15 is 0 Å². The summed E-state index contributed by atoms with van der Waals surface area (Å²) in [7, 11) is 3.04. The van der Waals surface area contributed by atoms with Gasteiger partial charge in [0.15, 0.2) is 18.1 Å². The molecule has 3 rings (SSSR count). The molecule has 12 heteroatoms. The van der Waals surface area contributed by atoms with Gasteiger partial charge in [-0.05, 0) is 77.9 Å². The summed E-state index contributed by atoms with van der Waals surface area (Å²) >= 11 is 2.15. The average Bonchev–Trinajstić information content (AvgIpc) is 2.87. The molecule has 1 aliphatic rings. The molecule has 0 aliphatic carbocycles. The van der Waals surface area contributed by atoms with Crippen molar-refractivity contribution in [3.63, 3.8) is 0 Å². The van der Waals surface area contributed by atoms with Gasteiger partial charge in [-0.3, -0.25) is 4.79 Å². The highest BCUT2D eigenvalue weighted by Crippen LogP contribution is 2.34. The quantitative estimate of drug-likeness (QED) is 0.160. The summed E-state index contributed by atoms with van der Waals surface area (Å²) < 4.78 is 22.3. The lowest BCUT2D eigenvalue weighted by atomic mass is 9.95. The highest BCUT2D eigenvalue weighted by atomic mass is 127. The first-order valence-electron chi connectivity index (χ1n) is 11.2. The van der Waals surface area contributed by atoms with Gasteiger partial charge in [-0.2, -0.15) is 5.10 Å². The van der Waals surface area contributed by atoms with Crippen LogP contribution in [0, 0.1) is 3.57 Å². The van der Waals surface area contributed by atoms with Gasteiger partial charge in [-0.15, -0.1) is 0 Å². The van der Waals surface area contributed by atoms with Gasteiger partial charge in [0.05, 0.1) is 42.2 Å². The number of nitrogens with zero attached hydrogens (tertiary/aromatic N) is 1. The van der Waals surface area contributed by atoms with Gasteiger partial charge < -0.3 is 29.6 Å². The number of ether oxygens (including phenoxy) is 4. The maximum Gasteiger partial charge on any atom is 0.338 e. The monoisotopic (exact) mass is 622 g/mol. The molecule has 1 atom stereocenters. The predicted molar refractivity (Wildman–Crippen MR) is 144 cm³/mol. The Morgan fingerprint density at radius 3 is 2.51 bits per heavy atom. The SMILES string of the molecule is CCOC(=O)C1=C(C)NC(=O)N[C@@H]1c1ccc(OCC(=O)N/N=C\c2ccc(OC)c(I)c2)c(OC)c1. The van der Waals surface area contributed by atoms with E-state index in [9.17, 15) is 14.4 Å². The molecule has 0 bridgehead atoms. The molecule has 11 nitrogen and oxygen atoms in total. The van der Waals surface area contributed by atoms with Gasteiger partial charge in [0.2, 0.25) is 0 Å². The topological polar surface area (TPSA) is 137 Å². The normalized spacial score (nSPS) is 15.1. The number of urea groups is 1. The maximum atomic E-state index is 12.5. The number of carbonyl (C=O) groups is 3. The standard InChI is InChI=1S/C25H27IN4O7/c1-5-36-24(32)22-14(2)28-25(33)29-23(22)16-7-9-19(20(11-16)35-4)37-13-21(31)30-27-12-15-6-8-18(34-3)17(26)10-15/h6-12,23H,5,13H2,1-4H3,(H,30,31)(H2,28,29,33)/b27-12-/t23-/m1/s1. The fourth-order valence-electron chi connectivity index (χ4n) is 3.52. The molecule has 3 N–H and O–H groups in total. The molecule has 2 aromatic rings. The van der Waals surface area contributed by atoms with Crippen molar-refractivity contribution < 1.29 is 33.3 Å². The number of carbonyl (C=O) groups excluding carboxylic acids is 3. The number of amides is 3. The average molecular weight is 622 g/mol. The molecule has 0 aromatic heterocycles. The van der Waals surface area contributed by atoms with Crippen molar-refractivity contribution in [3.05, 3.63) is 62.4 Å². The van der Waals surface area contributed by atoms with Crippen LogP contribution in [0.1, 0.15) is 31.0 Å². The third-order valence-corrected chi connectivity index (χ3v) is 6.07. The van der Waals surface area contributed by atoms with Gasteiger partial charge >= 0.3 is 12.0 Å². The van der Waals surface area contributed by atoms with Gasteiger partial charge in [-0.1, -0.05) is 6.07 Å². The minimum absolute atomic E-state index is 0.192. The summed E-state index contributed by atoms with van der Waals surface area (Å²) in [6, 6.07) is 9.18. The van der Waals surface area contributed by atoms with E-state index in [1.165, 1.54) is 13.3 Å². The van der Waals surface area contributed by atoms with Crippen LogP contribution in [0.2, 0.25) is 0 Å². The maximum absolute atomic E-state index is 12.5. The van der Waals surface area contributed by atoms with E-state index in [-0.39, 0.29) is 18.8 Å². The summed E-state index contributed by atoms with van der Waals surface area (Å²) in [6.45, 7) is 3.21. The van der Waals surface area contributed by atoms with Crippen LogP contribution in [0.4, 0.5) is 4.79 Å². The van der Waals surface area contributed by atoms with Crippen molar-refractivity contribution in [3.8, 4) is 17.2 Å². The van der Waals surface area contributed by atoms with Gasteiger partial charge in [0, 0.05) is 5.70 Å². The second kappa shape index (κ2) is 12.9. The first kappa shape index (κ1) is 27.8. The van der Waals surface area contributed by atoms with Gasteiger partial charge in [-0.25, -0.2) is 15.0 Å².